The Kier molecular flexibility index (Phi) is 41.0. The molecule has 276 valence electrons. The summed E-state index contributed by atoms with van der Waals surface area (Å²) in [4.78, 5) is 10.3. The monoisotopic (exact) mass is 674 g/mol. The number of carbonyl (C=O) groups is 1. The molecule has 0 aliphatic heterocycles. The van der Waals surface area contributed by atoms with E-state index in [1.165, 1.54) is 12.8 Å². The molecule has 0 spiro atoms. The summed E-state index contributed by atoms with van der Waals surface area (Å²) in [5.41, 5.74) is 0. The standard InChI is InChI=1S/C31H62O15/c1-2-3-4-5-34-6-7-35-8-9-36-10-11-37-12-13-38-14-15-39-16-17-40-18-19-41-20-21-42-22-23-43-24-25-44-26-27-45-28-29-46-30-31(32)33/h2-30H2,1H3,(H,32,33). The zero-order valence-electron chi connectivity index (χ0n) is 28.2. The number of carboxylic acid groups (broad SMARTS) is 1. The minimum atomic E-state index is -0.996. The third-order valence-corrected chi connectivity index (χ3v) is 5.58. The van der Waals surface area contributed by atoms with Crippen molar-refractivity contribution in [2.24, 2.45) is 0 Å². The number of unbranched alkanes of at least 4 members (excludes halogenated alkanes) is 2. The molecule has 0 aromatic rings. The Morgan fingerprint density at radius 2 is 0.522 bits per heavy atom. The van der Waals surface area contributed by atoms with E-state index in [4.69, 9.17) is 66.7 Å². The predicted molar refractivity (Wildman–Crippen MR) is 168 cm³/mol. The highest BCUT2D eigenvalue weighted by molar-refractivity contribution is 5.67. The quantitative estimate of drug-likeness (QED) is 0.0928. The van der Waals surface area contributed by atoms with Gasteiger partial charge in [-0.05, 0) is 6.42 Å². The number of carboxylic acids is 1. The molecular weight excluding hydrogens is 612 g/mol. The molecule has 0 heterocycles. The maximum Gasteiger partial charge on any atom is 0.329 e. The minimum absolute atomic E-state index is 0.242. The highest BCUT2D eigenvalue weighted by Gasteiger charge is 1.98. The summed E-state index contributed by atoms with van der Waals surface area (Å²) < 4.78 is 70.1. The molecule has 15 heteroatoms. The molecule has 0 aliphatic rings. The maximum absolute atomic E-state index is 10.3. The van der Waals surface area contributed by atoms with Crippen molar-refractivity contribution in [3.63, 3.8) is 0 Å². The van der Waals surface area contributed by atoms with Crippen molar-refractivity contribution in [2.45, 2.75) is 26.2 Å². The molecule has 0 saturated carbocycles. The highest BCUT2D eigenvalue weighted by Crippen LogP contribution is 1.94. The molecule has 0 aromatic heterocycles. The van der Waals surface area contributed by atoms with Crippen LogP contribution in [0.5, 0.6) is 0 Å². The van der Waals surface area contributed by atoms with Gasteiger partial charge >= 0.3 is 5.97 Å². The van der Waals surface area contributed by atoms with E-state index in [0.717, 1.165) is 13.0 Å². The second kappa shape index (κ2) is 42.0. The number of hydrogen-bond acceptors (Lipinski definition) is 14. The van der Waals surface area contributed by atoms with Gasteiger partial charge in [0, 0.05) is 6.61 Å². The second-order valence-corrected chi connectivity index (χ2v) is 9.50. The van der Waals surface area contributed by atoms with Gasteiger partial charge in [-0.25, -0.2) is 4.79 Å². The van der Waals surface area contributed by atoms with Crippen LogP contribution in [0.25, 0.3) is 0 Å². The van der Waals surface area contributed by atoms with Gasteiger partial charge in [0.25, 0.3) is 0 Å². The van der Waals surface area contributed by atoms with Crippen LogP contribution in [-0.2, 0) is 66.4 Å². The average Bonchev–Trinajstić information content (AvgIpc) is 3.05. The average molecular weight is 675 g/mol. The van der Waals surface area contributed by atoms with Gasteiger partial charge in [0.15, 0.2) is 0 Å². The summed E-state index contributed by atoms with van der Waals surface area (Å²) in [6.45, 7) is 14.4. The van der Waals surface area contributed by atoms with Crippen LogP contribution in [-0.4, -0.2) is 183 Å². The molecule has 0 amide bonds. The van der Waals surface area contributed by atoms with Crippen molar-refractivity contribution in [3.8, 4) is 0 Å². The van der Waals surface area contributed by atoms with E-state index in [2.05, 4.69) is 6.92 Å². The molecule has 0 bridgehead atoms. The Bertz CT molecular complexity index is 574. The van der Waals surface area contributed by atoms with Crippen LogP contribution in [0.15, 0.2) is 0 Å². The van der Waals surface area contributed by atoms with Gasteiger partial charge in [-0.15, -0.1) is 0 Å². The third-order valence-electron chi connectivity index (χ3n) is 5.58. The van der Waals surface area contributed by atoms with Crippen molar-refractivity contribution in [1.82, 2.24) is 0 Å². The first kappa shape index (κ1) is 45.0. The van der Waals surface area contributed by atoms with E-state index < -0.39 is 5.97 Å². The predicted octanol–water partition coefficient (Wildman–Crippen LogP) is 1.48. The molecule has 0 atom stereocenters. The molecule has 15 nitrogen and oxygen atoms in total. The lowest BCUT2D eigenvalue weighted by Crippen LogP contribution is -2.15. The molecule has 0 rings (SSSR count). The number of hydrogen-bond donors (Lipinski definition) is 1. The van der Waals surface area contributed by atoms with Crippen LogP contribution in [0.3, 0.4) is 0 Å². The number of aliphatic carboxylic acids is 1. The smallest absolute Gasteiger partial charge is 0.329 e. The molecule has 0 aliphatic carbocycles. The molecule has 0 saturated heterocycles. The van der Waals surface area contributed by atoms with Crippen LogP contribution in [0.1, 0.15) is 26.2 Å². The summed E-state index contributed by atoms with van der Waals surface area (Å²) in [5.74, 6) is -0.996. The van der Waals surface area contributed by atoms with Crippen LogP contribution in [0, 0.1) is 0 Å². The second-order valence-electron chi connectivity index (χ2n) is 9.50. The van der Waals surface area contributed by atoms with Crippen molar-refractivity contribution in [2.75, 3.05) is 172 Å². The van der Waals surface area contributed by atoms with Gasteiger partial charge < -0.3 is 66.7 Å². The van der Waals surface area contributed by atoms with E-state index in [9.17, 15) is 4.79 Å². The lowest BCUT2D eigenvalue weighted by molar-refractivity contribution is -0.142. The van der Waals surface area contributed by atoms with E-state index >= 15 is 0 Å². The van der Waals surface area contributed by atoms with Crippen molar-refractivity contribution in [3.05, 3.63) is 0 Å². The summed E-state index contributed by atoms with van der Waals surface area (Å²) in [6, 6.07) is 0. The van der Waals surface area contributed by atoms with E-state index in [1.54, 1.807) is 0 Å². The third kappa shape index (κ3) is 43.0. The van der Waals surface area contributed by atoms with Gasteiger partial charge in [-0.1, -0.05) is 19.8 Å². The first-order valence-corrected chi connectivity index (χ1v) is 16.5. The summed E-state index contributed by atoms with van der Waals surface area (Å²) >= 11 is 0. The molecule has 0 fully saturated rings. The Hall–Kier alpha value is -1.05. The molecular formula is C31H62O15. The van der Waals surface area contributed by atoms with Gasteiger partial charge in [0.2, 0.25) is 0 Å². The van der Waals surface area contributed by atoms with Crippen molar-refractivity contribution in [1.29, 1.82) is 0 Å². The molecule has 0 aromatic carbocycles. The molecule has 0 radical (unpaired) electrons. The molecule has 0 unspecified atom stereocenters. The largest absolute Gasteiger partial charge is 0.480 e. The van der Waals surface area contributed by atoms with Crippen molar-refractivity contribution >= 4 is 5.97 Å². The zero-order chi connectivity index (χ0) is 33.3. The van der Waals surface area contributed by atoms with Crippen molar-refractivity contribution < 1.29 is 71.5 Å². The Morgan fingerprint density at radius 3 is 0.717 bits per heavy atom. The summed E-state index contributed by atoms with van der Waals surface area (Å²) in [5, 5.41) is 8.42. The highest BCUT2D eigenvalue weighted by atomic mass is 16.6. The summed E-state index contributed by atoms with van der Waals surface area (Å²) in [7, 11) is 0. The fourth-order valence-corrected chi connectivity index (χ4v) is 3.25. The van der Waals surface area contributed by atoms with Gasteiger partial charge in [-0.2, -0.15) is 0 Å². The molecule has 46 heavy (non-hydrogen) atoms. The fourth-order valence-electron chi connectivity index (χ4n) is 3.25. The lowest BCUT2D eigenvalue weighted by Gasteiger charge is -2.09. The number of rotatable bonds is 42. The first-order valence-electron chi connectivity index (χ1n) is 16.5. The van der Waals surface area contributed by atoms with E-state index in [1.807, 2.05) is 0 Å². The topological polar surface area (TPSA) is 157 Å². The fraction of sp³-hybridized carbons (Fsp3) is 0.968. The Labute approximate surface area is 275 Å². The first-order chi connectivity index (χ1) is 22.8. The minimum Gasteiger partial charge on any atom is -0.480 e. The SMILES string of the molecule is CCCCCOCCOCCOCCOCCOCCOCCOCCOCCOCCOCCOCCOCCOCC(=O)O. The van der Waals surface area contributed by atoms with Crippen LogP contribution < -0.4 is 0 Å². The Balaban J connectivity index is 3.04. The van der Waals surface area contributed by atoms with Crippen LogP contribution >= 0.6 is 0 Å². The van der Waals surface area contributed by atoms with E-state index in [-0.39, 0.29) is 13.2 Å². The lowest BCUT2D eigenvalue weighted by atomic mass is 10.3. The normalized spacial score (nSPS) is 11.5. The van der Waals surface area contributed by atoms with Gasteiger partial charge in [0.1, 0.15) is 6.61 Å². The van der Waals surface area contributed by atoms with Crippen LogP contribution in [0.4, 0.5) is 0 Å². The van der Waals surface area contributed by atoms with Crippen LogP contribution in [0.2, 0.25) is 0 Å². The Morgan fingerprint density at radius 1 is 0.326 bits per heavy atom. The molecule has 1 N–H and O–H groups in total. The zero-order valence-corrected chi connectivity index (χ0v) is 28.2. The number of ether oxygens (including phenoxy) is 13. The van der Waals surface area contributed by atoms with Gasteiger partial charge in [-0.3, -0.25) is 0 Å². The maximum atomic E-state index is 10.3. The van der Waals surface area contributed by atoms with E-state index in [0.29, 0.717) is 152 Å². The van der Waals surface area contributed by atoms with Gasteiger partial charge in [0.05, 0.1) is 159 Å². The summed E-state index contributed by atoms with van der Waals surface area (Å²) in [6.07, 6.45) is 3.53.